The molecular formula is C44H44N8O13S2. The number of rotatable bonds is 22. The Morgan fingerprint density at radius 1 is 0.851 bits per heavy atom. The number of hydrogen-bond acceptors (Lipinski definition) is 16. The van der Waals surface area contributed by atoms with E-state index in [1.807, 2.05) is 30.3 Å². The number of ether oxygens (including phenoxy) is 4. The van der Waals surface area contributed by atoms with Crippen molar-refractivity contribution in [1.29, 1.82) is 0 Å². The largest absolute Gasteiger partial charge is 0.490 e. The Hall–Kier alpha value is -7.34. The van der Waals surface area contributed by atoms with Crippen LogP contribution in [-0.4, -0.2) is 134 Å². The fourth-order valence-corrected chi connectivity index (χ4v) is 8.19. The first kappa shape index (κ1) is 47.6. The molecule has 2 aliphatic rings. The van der Waals surface area contributed by atoms with Gasteiger partial charge in [0.25, 0.3) is 17.7 Å². The first-order valence-electron chi connectivity index (χ1n) is 20.8. The van der Waals surface area contributed by atoms with Crippen molar-refractivity contribution >= 4 is 67.8 Å². The molecule has 0 aliphatic carbocycles. The molecule has 67 heavy (non-hydrogen) atoms. The maximum atomic E-state index is 13.2. The number of pyridine rings is 1. The maximum Gasteiger partial charge on any atom is 0.266 e. The van der Waals surface area contributed by atoms with Crippen LogP contribution < -0.4 is 30.7 Å². The molecule has 4 N–H and O–H groups in total. The van der Waals surface area contributed by atoms with Crippen molar-refractivity contribution in [2.24, 2.45) is 0 Å². The SMILES string of the molecule is CS(=O)(=O)n1ccc(C(=O)NCC(=O)Nc2nc(-c3cccc(-c4ccnc(OCCNC(=O)CCOCCOCCOc5cccc6c5C(=O)N(C5CCC(=O)NC5=O)C6=O)c4)c3)cs2)c1. The summed E-state index contributed by atoms with van der Waals surface area (Å²) in [7, 11) is -3.54. The Morgan fingerprint density at radius 3 is 2.40 bits per heavy atom. The summed E-state index contributed by atoms with van der Waals surface area (Å²) >= 11 is 1.21. The molecule has 1 unspecified atom stereocenters. The van der Waals surface area contributed by atoms with E-state index in [2.05, 4.69) is 31.2 Å². The lowest BCUT2D eigenvalue weighted by atomic mass is 10.0. The first-order chi connectivity index (χ1) is 32.2. The van der Waals surface area contributed by atoms with Crippen molar-refractivity contribution in [3.8, 4) is 34.0 Å². The number of piperidine rings is 1. The standard InChI is InChI=1S/C44H44N8O13S2/c1-67(60,61)51-15-11-30(25-51)40(56)47-24-37(55)50-44-48-32(26-66-44)29-5-2-4-27(22-29)28-10-13-46-38(23-28)65-17-14-45-35(53)12-16-62-18-19-63-20-21-64-34-7-3-6-31-39(34)43(59)52(42(31)58)33-8-9-36(54)49-41(33)57/h2-7,10-11,13,15,22-23,25-26,33H,8-9,12,14,16-21,24H2,1H3,(H,45,53)(H,47,56)(H,48,50,55)(H,49,54,57). The van der Waals surface area contributed by atoms with Crippen LogP contribution in [0.3, 0.4) is 0 Å². The van der Waals surface area contributed by atoms with Crippen molar-refractivity contribution in [3.63, 3.8) is 0 Å². The van der Waals surface area contributed by atoms with Gasteiger partial charge in [0.1, 0.15) is 25.0 Å². The fraction of sp³-hybridized carbons (Fsp3) is 0.295. The molecule has 2 aromatic carbocycles. The van der Waals surface area contributed by atoms with Crippen LogP contribution in [0.25, 0.3) is 22.4 Å². The van der Waals surface area contributed by atoms with E-state index in [-0.39, 0.29) is 100 Å². The first-order valence-corrected chi connectivity index (χ1v) is 23.5. The number of fused-ring (bicyclic) bond motifs is 1. The third-order valence-corrected chi connectivity index (χ3v) is 11.9. The molecule has 0 bridgehead atoms. The summed E-state index contributed by atoms with van der Waals surface area (Å²) in [6, 6.07) is 16.1. The van der Waals surface area contributed by atoms with Gasteiger partial charge in [0, 0.05) is 48.4 Å². The highest BCUT2D eigenvalue weighted by molar-refractivity contribution is 7.89. The van der Waals surface area contributed by atoms with Crippen LogP contribution in [-0.2, 0) is 38.7 Å². The second kappa shape index (κ2) is 21.8. The van der Waals surface area contributed by atoms with E-state index >= 15 is 0 Å². The smallest absolute Gasteiger partial charge is 0.266 e. The monoisotopic (exact) mass is 956 g/mol. The minimum absolute atomic E-state index is 0.0200. The second-order valence-corrected chi connectivity index (χ2v) is 17.6. The lowest BCUT2D eigenvalue weighted by molar-refractivity contribution is -0.136. The number of nitrogens with one attached hydrogen (secondary N) is 4. The molecule has 0 saturated carbocycles. The van der Waals surface area contributed by atoms with Gasteiger partial charge in [-0.05, 0) is 47.9 Å². The maximum absolute atomic E-state index is 13.2. The predicted octanol–water partition coefficient (Wildman–Crippen LogP) is 2.25. The summed E-state index contributed by atoms with van der Waals surface area (Å²) in [4.78, 5) is 97.0. The van der Waals surface area contributed by atoms with Crippen LogP contribution >= 0.6 is 11.3 Å². The molecule has 0 radical (unpaired) electrons. The quantitative estimate of drug-likeness (QED) is 0.0572. The normalized spacial score (nSPS) is 14.6. The van der Waals surface area contributed by atoms with Crippen LogP contribution in [0.2, 0.25) is 0 Å². The van der Waals surface area contributed by atoms with Crippen LogP contribution in [0.4, 0.5) is 5.13 Å². The topological polar surface area (TPSA) is 273 Å². The molecule has 350 valence electrons. The lowest BCUT2D eigenvalue weighted by Crippen LogP contribution is -2.54. The van der Waals surface area contributed by atoms with E-state index in [1.165, 1.54) is 29.7 Å². The van der Waals surface area contributed by atoms with Gasteiger partial charge in [0.05, 0.1) is 68.2 Å². The molecular weight excluding hydrogens is 913 g/mol. The molecule has 3 aromatic heterocycles. The molecule has 7 amide bonds. The summed E-state index contributed by atoms with van der Waals surface area (Å²) in [5, 5.41) is 12.2. The van der Waals surface area contributed by atoms with Crippen LogP contribution in [0.1, 0.15) is 50.3 Å². The number of anilines is 1. The molecule has 21 nitrogen and oxygen atoms in total. The predicted molar refractivity (Wildman–Crippen MR) is 240 cm³/mol. The van der Waals surface area contributed by atoms with Crippen LogP contribution in [0.5, 0.6) is 11.6 Å². The summed E-state index contributed by atoms with van der Waals surface area (Å²) in [5.74, 6) is -3.24. The van der Waals surface area contributed by atoms with E-state index in [4.69, 9.17) is 18.9 Å². The third kappa shape index (κ3) is 12.3. The van der Waals surface area contributed by atoms with Gasteiger partial charge in [-0.3, -0.25) is 47.8 Å². The van der Waals surface area contributed by atoms with E-state index in [0.717, 1.165) is 38.0 Å². The van der Waals surface area contributed by atoms with Gasteiger partial charge in [-0.25, -0.2) is 18.4 Å². The van der Waals surface area contributed by atoms with Gasteiger partial charge >= 0.3 is 0 Å². The number of nitrogens with zero attached hydrogens (tertiary/aromatic N) is 4. The molecule has 5 heterocycles. The Labute approximate surface area is 387 Å². The number of hydrogen-bond donors (Lipinski definition) is 4. The third-order valence-electron chi connectivity index (χ3n) is 10.1. The van der Waals surface area contributed by atoms with Crippen molar-refractivity contribution < 1.29 is 60.9 Å². The van der Waals surface area contributed by atoms with Crippen molar-refractivity contribution in [2.75, 3.05) is 64.3 Å². The van der Waals surface area contributed by atoms with Crippen LogP contribution in [0.15, 0.2) is 84.6 Å². The molecule has 0 spiro atoms. The average molecular weight is 957 g/mol. The zero-order chi connectivity index (χ0) is 47.5. The highest BCUT2D eigenvalue weighted by Gasteiger charge is 2.46. The molecule has 1 atom stereocenters. The lowest BCUT2D eigenvalue weighted by Gasteiger charge is -2.27. The van der Waals surface area contributed by atoms with Crippen molar-refractivity contribution in [1.82, 2.24) is 34.8 Å². The zero-order valence-electron chi connectivity index (χ0n) is 35.9. The summed E-state index contributed by atoms with van der Waals surface area (Å²) in [5.41, 5.74) is 3.35. The summed E-state index contributed by atoms with van der Waals surface area (Å²) in [6.07, 6.45) is 5.22. The number of thiazole rings is 1. The molecule has 7 rings (SSSR count). The van der Waals surface area contributed by atoms with Gasteiger partial charge < -0.3 is 34.9 Å². The molecule has 2 aliphatic heterocycles. The van der Waals surface area contributed by atoms with Gasteiger partial charge in [0.15, 0.2) is 5.13 Å². The number of carbonyl (C=O) groups is 7. The average Bonchev–Trinajstić information content (AvgIpc) is 4.06. The summed E-state index contributed by atoms with van der Waals surface area (Å²) < 4.78 is 46.8. The van der Waals surface area contributed by atoms with Gasteiger partial charge in [-0.15, -0.1) is 11.3 Å². The highest BCUT2D eigenvalue weighted by atomic mass is 32.2. The Kier molecular flexibility index (Phi) is 15.5. The van der Waals surface area contributed by atoms with E-state index < -0.39 is 51.5 Å². The van der Waals surface area contributed by atoms with Gasteiger partial charge in [0.2, 0.25) is 39.5 Å². The number of benzene rings is 2. The summed E-state index contributed by atoms with van der Waals surface area (Å²) in [6.45, 7) is 0.865. The van der Waals surface area contributed by atoms with Crippen LogP contribution in [0, 0.1) is 0 Å². The highest BCUT2D eigenvalue weighted by Crippen LogP contribution is 2.34. The van der Waals surface area contributed by atoms with Crippen molar-refractivity contribution in [3.05, 3.63) is 101 Å². The Balaban J connectivity index is 0.756. The Bertz CT molecular complexity index is 2810. The molecule has 23 heteroatoms. The van der Waals surface area contributed by atoms with Crippen molar-refractivity contribution in [2.45, 2.75) is 25.3 Å². The van der Waals surface area contributed by atoms with E-state index in [9.17, 15) is 42.0 Å². The molecule has 5 aromatic rings. The molecule has 1 saturated heterocycles. The fourth-order valence-electron chi connectivity index (χ4n) is 6.87. The Morgan fingerprint density at radius 2 is 1.61 bits per heavy atom. The minimum atomic E-state index is -3.54. The second-order valence-electron chi connectivity index (χ2n) is 14.9. The minimum Gasteiger partial charge on any atom is -0.490 e. The van der Waals surface area contributed by atoms with Gasteiger partial charge in [-0.2, -0.15) is 0 Å². The number of imide groups is 2. The van der Waals surface area contributed by atoms with E-state index in [0.29, 0.717) is 16.7 Å². The number of amides is 7. The molecule has 1 fully saturated rings. The zero-order valence-corrected chi connectivity index (χ0v) is 37.5. The van der Waals surface area contributed by atoms with E-state index in [1.54, 1.807) is 29.8 Å². The number of aromatic nitrogens is 3. The van der Waals surface area contributed by atoms with Gasteiger partial charge in [-0.1, -0.05) is 24.3 Å². The number of carbonyl (C=O) groups excluding carboxylic acids is 7.